The van der Waals surface area contributed by atoms with Gasteiger partial charge < -0.3 is 77.1 Å². The summed E-state index contributed by atoms with van der Waals surface area (Å²) in [5.74, 6) is 9.47. The molecule has 8 fully saturated rings. The monoisotopic (exact) mass is 1830 g/mol. The molecule has 12 rings (SSSR count). The molecule has 4 N–H and O–H groups in total. The molecule has 0 bridgehead atoms. The lowest BCUT2D eigenvalue weighted by atomic mass is 9.85. The zero-order valence-corrected chi connectivity index (χ0v) is 85.7. The molecule has 8 heterocycles. The first-order valence-electron chi connectivity index (χ1n) is 57.0. The lowest BCUT2D eigenvalue weighted by Crippen LogP contribution is -3.12. The molecule has 132 heavy (non-hydrogen) atoms. The predicted molar refractivity (Wildman–Crippen MR) is 551 cm³/mol. The molecule has 748 valence electrons. The van der Waals surface area contributed by atoms with Gasteiger partial charge in [0.05, 0.1) is 131 Å². The molecule has 4 aromatic rings. The van der Waals surface area contributed by atoms with Crippen molar-refractivity contribution in [3.63, 3.8) is 0 Å². The van der Waals surface area contributed by atoms with Gasteiger partial charge in [-0.25, -0.2) is 0 Å². The number of piperidine rings is 8. The minimum Gasteiger partial charge on any atom is -0.490 e. The summed E-state index contributed by atoms with van der Waals surface area (Å²) in [6, 6.07) is 27.2. The van der Waals surface area contributed by atoms with Crippen LogP contribution in [0, 0.1) is 23.7 Å². The summed E-state index contributed by atoms with van der Waals surface area (Å²) in [5.41, 5.74) is 5.38. The molecular formula is C116H200N8O8+4. The number of hydrogen-bond acceptors (Lipinski definition) is 12. The number of likely N-dealkylation sites (tertiary alicyclic amines) is 8. The van der Waals surface area contributed by atoms with E-state index >= 15 is 0 Å². The van der Waals surface area contributed by atoms with Crippen LogP contribution in [-0.4, -0.2) is 230 Å². The third-order valence-electron chi connectivity index (χ3n) is 31.5. The van der Waals surface area contributed by atoms with Crippen LogP contribution in [0.25, 0.3) is 0 Å². The van der Waals surface area contributed by atoms with E-state index in [-0.39, 0.29) is 0 Å². The van der Waals surface area contributed by atoms with E-state index in [0.29, 0.717) is 23.7 Å². The fourth-order valence-electron chi connectivity index (χ4n) is 22.4. The molecule has 4 aromatic carbocycles. The number of ether oxygens (including phenoxy) is 8. The van der Waals surface area contributed by atoms with Crippen LogP contribution in [0.15, 0.2) is 72.8 Å². The van der Waals surface area contributed by atoms with Gasteiger partial charge >= 0.3 is 0 Å². The van der Waals surface area contributed by atoms with E-state index in [9.17, 15) is 0 Å². The average molecular weight is 1830 g/mol. The van der Waals surface area contributed by atoms with Gasteiger partial charge in [-0.3, -0.25) is 0 Å². The highest BCUT2D eigenvalue weighted by Gasteiger charge is 2.25. The van der Waals surface area contributed by atoms with Gasteiger partial charge in [0.2, 0.25) is 0 Å². The summed E-state index contributed by atoms with van der Waals surface area (Å²) in [5, 5.41) is 0. The molecule has 0 unspecified atom stereocenters. The van der Waals surface area contributed by atoms with Crippen molar-refractivity contribution in [1.82, 2.24) is 19.6 Å². The third-order valence-corrected chi connectivity index (χ3v) is 31.5. The fraction of sp³-hybridized carbons (Fsp3) is 0.793. The predicted octanol–water partition coefficient (Wildman–Crippen LogP) is 20.1. The maximum atomic E-state index is 6.58. The minimum absolute atomic E-state index is 0.504. The molecular weight excluding hydrogens is 1630 g/mol. The van der Waals surface area contributed by atoms with Crippen molar-refractivity contribution in [3.05, 3.63) is 95.1 Å². The van der Waals surface area contributed by atoms with Crippen molar-refractivity contribution in [2.75, 3.05) is 210 Å². The third kappa shape index (κ3) is 44.8. The first-order valence-corrected chi connectivity index (χ1v) is 57.0. The SMILES string of the molecule is C[C@H](Cc1ccc(OCCCCCN2CCCCC2)c(OCCCCCN2CCCCC2)c1)[C@@H](C)Cc1ccc(OCCCCCN2CCCCC2)c(OCCCCCN2CCCCC2)c1.C[C@H](Cc1ccc(OCCCCC[NH+]2CCCCC2)c(OCCCCC[NH+]2CCCCC2)c1)[C@@H](C)Cc1ccc(OCCCCC[NH+]2CCCCC2)c(OCCCCC[NH+]2CCCCC2)c1. The van der Waals surface area contributed by atoms with Crippen LogP contribution in [0.5, 0.6) is 46.0 Å². The molecule has 8 aliphatic heterocycles. The standard InChI is InChI=1S/2C58H98N4O4/c2*1-51(47-53-27-29-55(63-43-23-7-19-39-59-31-11-3-12-32-59)57(49-53)65-45-25-9-21-41-61-35-15-5-16-36-61)52(2)48-54-28-30-56(64-44-24-8-20-40-60-33-13-4-14-34-60)58(50-54)66-46-26-10-22-42-62-37-17-6-18-38-62/h2*27-30,49-52H,3-26,31-48H2,1-2H3/p+4/t2*51-,52+. The van der Waals surface area contributed by atoms with Crippen molar-refractivity contribution in [1.29, 1.82) is 0 Å². The molecule has 0 amide bonds. The Morgan fingerprint density at radius 3 is 0.568 bits per heavy atom. The van der Waals surface area contributed by atoms with E-state index in [1.807, 2.05) is 19.6 Å². The number of benzene rings is 4. The van der Waals surface area contributed by atoms with Crippen molar-refractivity contribution in [2.45, 2.75) is 362 Å². The first-order chi connectivity index (χ1) is 65.2. The Kier molecular flexibility index (Phi) is 54.7. The Hall–Kier alpha value is -5.04. The summed E-state index contributed by atoms with van der Waals surface area (Å²) in [4.78, 5) is 17.9. The van der Waals surface area contributed by atoms with E-state index in [1.54, 1.807) is 0 Å². The summed E-state index contributed by atoms with van der Waals surface area (Å²) in [6.07, 6.45) is 66.6. The summed E-state index contributed by atoms with van der Waals surface area (Å²) < 4.78 is 52.2. The summed E-state index contributed by atoms with van der Waals surface area (Å²) >= 11 is 0. The maximum Gasteiger partial charge on any atom is 0.161 e. The van der Waals surface area contributed by atoms with Gasteiger partial charge in [0, 0.05) is 0 Å². The van der Waals surface area contributed by atoms with Gasteiger partial charge in [0.25, 0.3) is 0 Å². The molecule has 16 heteroatoms. The van der Waals surface area contributed by atoms with Gasteiger partial charge in [-0.05, 0) is 481 Å². The van der Waals surface area contributed by atoms with E-state index < -0.39 is 0 Å². The van der Waals surface area contributed by atoms with Crippen LogP contribution in [0.4, 0.5) is 0 Å². The second kappa shape index (κ2) is 67.3. The Labute approximate surface area is 808 Å². The largest absolute Gasteiger partial charge is 0.490 e. The van der Waals surface area contributed by atoms with Crippen LogP contribution >= 0.6 is 0 Å². The minimum atomic E-state index is 0.504. The molecule has 4 atom stereocenters. The topological polar surface area (TPSA) is 105 Å². The smallest absolute Gasteiger partial charge is 0.161 e. The van der Waals surface area contributed by atoms with Crippen LogP contribution in [0.2, 0.25) is 0 Å². The van der Waals surface area contributed by atoms with Crippen LogP contribution in [0.1, 0.15) is 358 Å². The highest BCUT2D eigenvalue weighted by molar-refractivity contribution is 5.46. The Morgan fingerprint density at radius 2 is 0.371 bits per heavy atom. The maximum absolute atomic E-state index is 6.58. The Morgan fingerprint density at radius 1 is 0.197 bits per heavy atom. The number of nitrogens with zero attached hydrogens (tertiary/aromatic N) is 4. The molecule has 0 aromatic heterocycles. The molecule has 8 saturated heterocycles. The molecule has 16 nitrogen and oxygen atoms in total. The number of unbranched alkanes of at least 4 members (excludes halogenated alkanes) is 16. The lowest BCUT2D eigenvalue weighted by Gasteiger charge is -2.26. The molecule has 0 saturated carbocycles. The van der Waals surface area contributed by atoms with Crippen LogP contribution < -0.4 is 57.5 Å². The van der Waals surface area contributed by atoms with Gasteiger partial charge in [-0.2, -0.15) is 0 Å². The molecule has 0 radical (unpaired) electrons. The number of quaternary nitrogens is 4. The first kappa shape index (κ1) is 107. The second-order valence-electron chi connectivity index (χ2n) is 43.0. The van der Waals surface area contributed by atoms with Crippen molar-refractivity contribution < 1.29 is 57.5 Å². The van der Waals surface area contributed by atoms with Gasteiger partial charge in [-0.15, -0.1) is 0 Å². The number of nitrogens with one attached hydrogen (secondary N) is 4. The van der Waals surface area contributed by atoms with E-state index in [0.717, 1.165) is 176 Å². The zero-order chi connectivity index (χ0) is 91.4. The molecule has 0 spiro atoms. The van der Waals surface area contributed by atoms with Crippen molar-refractivity contribution in [3.8, 4) is 46.0 Å². The normalized spacial score (nSPS) is 19.1. The fourth-order valence-corrected chi connectivity index (χ4v) is 22.4. The second-order valence-corrected chi connectivity index (χ2v) is 43.0. The highest BCUT2D eigenvalue weighted by atomic mass is 16.5. The molecule has 8 aliphatic rings. The van der Waals surface area contributed by atoms with E-state index in [1.165, 1.54) is 436 Å². The Bertz CT molecular complexity index is 3070. The molecule has 0 aliphatic carbocycles. The zero-order valence-electron chi connectivity index (χ0n) is 85.7. The van der Waals surface area contributed by atoms with Crippen LogP contribution in [-0.2, 0) is 25.7 Å². The van der Waals surface area contributed by atoms with Gasteiger partial charge in [-0.1, -0.05) is 77.6 Å². The van der Waals surface area contributed by atoms with Gasteiger partial charge in [0.1, 0.15) is 0 Å². The lowest BCUT2D eigenvalue weighted by molar-refractivity contribution is -0.905. The van der Waals surface area contributed by atoms with E-state index in [2.05, 4.69) is 120 Å². The van der Waals surface area contributed by atoms with Crippen LogP contribution in [0.3, 0.4) is 0 Å². The van der Waals surface area contributed by atoms with E-state index in [4.69, 9.17) is 37.9 Å². The summed E-state index contributed by atoms with van der Waals surface area (Å²) in [7, 11) is 0. The van der Waals surface area contributed by atoms with Crippen molar-refractivity contribution >= 4 is 0 Å². The highest BCUT2D eigenvalue weighted by Crippen LogP contribution is 2.37. The number of rotatable bonds is 66. The number of hydrogen-bond donors (Lipinski definition) is 4. The summed E-state index contributed by atoms with van der Waals surface area (Å²) in [6.45, 7) is 47.3. The average Bonchev–Trinajstić information content (AvgIpc) is 0.847. The Balaban J connectivity index is 0.000000255. The quantitative estimate of drug-likeness (QED) is 0.0317. The van der Waals surface area contributed by atoms with Crippen molar-refractivity contribution in [2.24, 2.45) is 23.7 Å². The van der Waals surface area contributed by atoms with Gasteiger partial charge in [0.15, 0.2) is 46.0 Å².